The first-order valence-electron chi connectivity index (χ1n) is 10.7. The van der Waals surface area contributed by atoms with Crippen LogP contribution in [0.15, 0.2) is 73.8 Å². The van der Waals surface area contributed by atoms with Crippen LogP contribution >= 0.6 is 0 Å². The molecular weight excluding hydrogens is 370 g/mol. The lowest BCUT2D eigenvalue weighted by Gasteiger charge is -2.29. The Kier molecular flexibility index (Phi) is 8.16. The van der Waals surface area contributed by atoms with Gasteiger partial charge in [0.2, 0.25) is 11.8 Å². The van der Waals surface area contributed by atoms with Crippen molar-refractivity contribution in [3.8, 4) is 0 Å². The molecule has 0 radical (unpaired) electrons. The van der Waals surface area contributed by atoms with E-state index in [0.717, 1.165) is 6.42 Å². The molecule has 2 amide bonds. The highest BCUT2D eigenvalue weighted by atomic mass is 16.2. The van der Waals surface area contributed by atoms with Crippen LogP contribution in [0.5, 0.6) is 0 Å². The molecule has 2 aromatic carbocycles. The van der Waals surface area contributed by atoms with Gasteiger partial charge in [0, 0.05) is 12.5 Å². The summed E-state index contributed by atoms with van der Waals surface area (Å²) in [7, 11) is 0. The second kappa shape index (κ2) is 10.4. The van der Waals surface area contributed by atoms with E-state index in [0.29, 0.717) is 13.0 Å². The number of rotatable bonds is 7. The molecule has 1 aliphatic heterocycles. The third-order valence-corrected chi connectivity index (χ3v) is 5.93. The zero-order chi connectivity index (χ0) is 22.3. The van der Waals surface area contributed by atoms with Crippen LogP contribution in [0.4, 0.5) is 0 Å². The van der Waals surface area contributed by atoms with Gasteiger partial charge < -0.3 is 0 Å². The van der Waals surface area contributed by atoms with Crippen LogP contribution in [0.25, 0.3) is 0 Å². The van der Waals surface area contributed by atoms with Crippen molar-refractivity contribution in [1.82, 2.24) is 4.90 Å². The standard InChI is InChI=1S/C25H31NO2.C2H4/c1-18(21-13-9-6-10-14-21)15-22-19(2)23(27)26(24(22)28)17-25(3,4)16-20-11-7-5-8-12-20;1-2/h5-14,18-19,22H,15-17H2,1-4H3;1-2H2. The van der Waals surface area contributed by atoms with E-state index in [1.54, 1.807) is 0 Å². The van der Waals surface area contributed by atoms with E-state index in [1.165, 1.54) is 16.0 Å². The number of hydrogen-bond acceptors (Lipinski definition) is 2. The smallest absolute Gasteiger partial charge is 0.233 e. The molecule has 1 fully saturated rings. The molecule has 0 spiro atoms. The second-order valence-corrected chi connectivity index (χ2v) is 9.03. The number of imide groups is 1. The van der Waals surface area contributed by atoms with Crippen molar-refractivity contribution < 1.29 is 9.59 Å². The Morgan fingerprint density at radius 2 is 1.47 bits per heavy atom. The fourth-order valence-corrected chi connectivity index (χ4v) is 4.33. The average molecular weight is 406 g/mol. The molecule has 0 bridgehead atoms. The van der Waals surface area contributed by atoms with Gasteiger partial charge in [-0.1, -0.05) is 88.4 Å². The number of benzene rings is 2. The fraction of sp³-hybridized carbons (Fsp3) is 0.407. The maximum atomic E-state index is 13.1. The Bertz CT molecular complexity index is 828. The van der Waals surface area contributed by atoms with Crippen LogP contribution in [0.3, 0.4) is 0 Å². The van der Waals surface area contributed by atoms with Crippen LogP contribution < -0.4 is 0 Å². The second-order valence-electron chi connectivity index (χ2n) is 9.03. The topological polar surface area (TPSA) is 37.4 Å². The minimum absolute atomic E-state index is 0.00131. The summed E-state index contributed by atoms with van der Waals surface area (Å²) in [4.78, 5) is 27.5. The summed E-state index contributed by atoms with van der Waals surface area (Å²) in [6.07, 6.45) is 1.55. The lowest BCUT2D eigenvalue weighted by Crippen LogP contribution is -2.40. The zero-order valence-corrected chi connectivity index (χ0v) is 18.8. The molecule has 30 heavy (non-hydrogen) atoms. The van der Waals surface area contributed by atoms with Crippen molar-refractivity contribution >= 4 is 11.8 Å². The molecule has 0 aromatic heterocycles. The van der Waals surface area contributed by atoms with Gasteiger partial charge in [-0.15, -0.1) is 13.2 Å². The number of carbonyl (C=O) groups excluding carboxylic acids is 2. The van der Waals surface area contributed by atoms with Gasteiger partial charge in [0.1, 0.15) is 0 Å². The molecule has 2 aromatic rings. The van der Waals surface area contributed by atoms with Gasteiger partial charge in [-0.2, -0.15) is 0 Å². The minimum atomic E-state index is -0.244. The molecule has 1 aliphatic rings. The summed E-state index contributed by atoms with van der Waals surface area (Å²) in [5.74, 6) is -0.234. The van der Waals surface area contributed by atoms with E-state index in [9.17, 15) is 9.59 Å². The molecule has 160 valence electrons. The number of carbonyl (C=O) groups is 2. The van der Waals surface area contributed by atoms with Crippen LogP contribution in [-0.2, 0) is 16.0 Å². The number of nitrogens with zero attached hydrogens (tertiary/aromatic N) is 1. The van der Waals surface area contributed by atoms with Gasteiger partial charge in [-0.05, 0) is 35.3 Å². The van der Waals surface area contributed by atoms with Crippen molar-refractivity contribution in [2.24, 2.45) is 17.3 Å². The first kappa shape index (κ1) is 23.6. The zero-order valence-electron chi connectivity index (χ0n) is 18.8. The maximum absolute atomic E-state index is 13.1. The highest BCUT2D eigenvalue weighted by Crippen LogP contribution is 2.36. The molecule has 3 nitrogen and oxygen atoms in total. The first-order valence-corrected chi connectivity index (χ1v) is 10.7. The quantitative estimate of drug-likeness (QED) is 0.426. The van der Waals surface area contributed by atoms with Crippen LogP contribution in [-0.4, -0.2) is 23.3 Å². The van der Waals surface area contributed by atoms with Gasteiger partial charge in [0.05, 0.1) is 5.92 Å². The summed E-state index contributed by atoms with van der Waals surface area (Å²) in [6, 6.07) is 20.5. The molecule has 1 saturated heterocycles. The first-order chi connectivity index (χ1) is 14.3. The molecule has 1 heterocycles. The summed E-state index contributed by atoms with van der Waals surface area (Å²) in [6.45, 7) is 14.8. The van der Waals surface area contributed by atoms with E-state index < -0.39 is 0 Å². The van der Waals surface area contributed by atoms with Gasteiger partial charge in [-0.25, -0.2) is 0 Å². The molecule has 3 rings (SSSR count). The van der Waals surface area contributed by atoms with Crippen LogP contribution in [0, 0.1) is 17.3 Å². The van der Waals surface area contributed by atoms with Gasteiger partial charge in [-0.3, -0.25) is 14.5 Å². The van der Waals surface area contributed by atoms with Crippen molar-refractivity contribution in [2.45, 2.75) is 46.5 Å². The minimum Gasteiger partial charge on any atom is -0.282 e. The Morgan fingerprint density at radius 3 is 2.03 bits per heavy atom. The predicted octanol–water partition coefficient (Wildman–Crippen LogP) is 5.87. The molecule has 3 atom stereocenters. The summed E-state index contributed by atoms with van der Waals surface area (Å²) >= 11 is 0. The SMILES string of the molecule is C=C.CC(CC1C(=O)N(CC(C)(C)Cc2ccccc2)C(=O)C1C)c1ccccc1. The number of hydrogen-bond donors (Lipinski definition) is 0. The van der Waals surface area contributed by atoms with E-state index in [-0.39, 0.29) is 35.0 Å². The van der Waals surface area contributed by atoms with E-state index in [1.807, 2.05) is 43.3 Å². The lowest BCUT2D eigenvalue weighted by molar-refractivity contribution is -0.141. The lowest BCUT2D eigenvalue weighted by atomic mass is 9.84. The molecule has 3 unspecified atom stereocenters. The van der Waals surface area contributed by atoms with Gasteiger partial charge >= 0.3 is 0 Å². The van der Waals surface area contributed by atoms with Crippen molar-refractivity contribution in [3.05, 3.63) is 84.9 Å². The fourth-order valence-electron chi connectivity index (χ4n) is 4.33. The Balaban J connectivity index is 0.00000155. The predicted molar refractivity (Wildman–Crippen MR) is 124 cm³/mol. The van der Waals surface area contributed by atoms with Crippen LogP contribution in [0.1, 0.15) is 51.2 Å². The molecule has 0 N–H and O–H groups in total. The summed E-state index contributed by atoms with van der Waals surface area (Å²) in [5, 5.41) is 0. The number of amides is 2. The maximum Gasteiger partial charge on any atom is 0.233 e. The van der Waals surface area contributed by atoms with Crippen molar-refractivity contribution in [2.75, 3.05) is 6.54 Å². The van der Waals surface area contributed by atoms with Gasteiger partial charge in [0.25, 0.3) is 0 Å². The van der Waals surface area contributed by atoms with E-state index in [4.69, 9.17) is 0 Å². The Labute approximate surface area is 181 Å². The molecule has 0 aliphatic carbocycles. The summed E-state index contributed by atoms with van der Waals surface area (Å²) < 4.78 is 0. The largest absolute Gasteiger partial charge is 0.282 e. The normalized spacial score (nSPS) is 19.9. The molecule has 0 saturated carbocycles. The van der Waals surface area contributed by atoms with E-state index >= 15 is 0 Å². The average Bonchev–Trinajstić information content (AvgIpc) is 2.94. The highest BCUT2D eigenvalue weighted by Gasteiger charge is 2.46. The molecule has 3 heteroatoms. The monoisotopic (exact) mass is 405 g/mol. The highest BCUT2D eigenvalue weighted by molar-refractivity contribution is 6.05. The Hall–Kier alpha value is -2.68. The number of likely N-dealkylation sites (tertiary alicyclic amines) is 1. The van der Waals surface area contributed by atoms with E-state index in [2.05, 4.69) is 58.2 Å². The van der Waals surface area contributed by atoms with Crippen LogP contribution in [0.2, 0.25) is 0 Å². The molecular formula is C27H35NO2. The van der Waals surface area contributed by atoms with Crippen molar-refractivity contribution in [3.63, 3.8) is 0 Å². The third kappa shape index (κ3) is 5.69. The third-order valence-electron chi connectivity index (χ3n) is 5.93. The summed E-state index contributed by atoms with van der Waals surface area (Å²) in [5.41, 5.74) is 2.29. The van der Waals surface area contributed by atoms with Gasteiger partial charge in [0.15, 0.2) is 0 Å². The Morgan fingerprint density at radius 1 is 0.933 bits per heavy atom. The van der Waals surface area contributed by atoms with Crippen molar-refractivity contribution in [1.29, 1.82) is 0 Å².